The molecule has 2 nitrogen and oxygen atoms in total. The van der Waals surface area contributed by atoms with Crippen molar-refractivity contribution in [2.24, 2.45) is 0 Å². The van der Waals surface area contributed by atoms with E-state index in [4.69, 9.17) is 0 Å². The highest BCUT2D eigenvalue weighted by molar-refractivity contribution is 9.10. The number of pyridine rings is 1. The number of aromatic nitrogens is 2. The van der Waals surface area contributed by atoms with Crippen molar-refractivity contribution >= 4 is 33.3 Å². The molecule has 2 aromatic rings. The van der Waals surface area contributed by atoms with E-state index in [2.05, 4.69) is 31.6 Å². The summed E-state index contributed by atoms with van der Waals surface area (Å²) in [4.78, 5) is 4.34. The summed E-state index contributed by atoms with van der Waals surface area (Å²) < 4.78 is 3.16. The Labute approximate surface area is 89.5 Å². The summed E-state index contributed by atoms with van der Waals surface area (Å²) in [7, 11) is 0. The first-order chi connectivity index (χ1) is 6.33. The van der Waals surface area contributed by atoms with E-state index in [0.717, 1.165) is 15.9 Å². The molecule has 0 aliphatic rings. The Morgan fingerprint density at radius 1 is 1.62 bits per heavy atom. The lowest BCUT2D eigenvalue weighted by molar-refractivity contribution is 1.09. The summed E-state index contributed by atoms with van der Waals surface area (Å²) in [5, 5.41) is 0. The maximum atomic E-state index is 4.34. The smallest absolute Gasteiger partial charge is 0.151 e. The lowest BCUT2D eigenvalue weighted by Gasteiger charge is -1.99. The summed E-state index contributed by atoms with van der Waals surface area (Å²) in [5.74, 6) is 0.998. The minimum atomic E-state index is 0.992. The second-order valence-corrected chi connectivity index (χ2v) is 4.45. The first kappa shape index (κ1) is 9.09. The molecule has 0 amide bonds. The van der Waals surface area contributed by atoms with Gasteiger partial charge in [-0.15, -0.1) is 0 Å². The van der Waals surface area contributed by atoms with Crippen LogP contribution in [0.15, 0.2) is 29.0 Å². The quantitative estimate of drug-likeness (QED) is 0.822. The third-order valence-corrected chi connectivity index (χ3v) is 3.06. The fourth-order valence-electron chi connectivity index (χ4n) is 1.28. The van der Waals surface area contributed by atoms with E-state index >= 15 is 0 Å². The number of imidazole rings is 1. The Morgan fingerprint density at radius 2 is 2.46 bits per heavy atom. The molecule has 0 saturated carbocycles. The van der Waals surface area contributed by atoms with Gasteiger partial charge >= 0.3 is 0 Å². The van der Waals surface area contributed by atoms with Gasteiger partial charge in [0.25, 0.3) is 0 Å². The second kappa shape index (κ2) is 3.72. The van der Waals surface area contributed by atoms with Crippen LogP contribution in [-0.4, -0.2) is 15.6 Å². The van der Waals surface area contributed by atoms with Crippen LogP contribution >= 0.6 is 27.7 Å². The van der Waals surface area contributed by atoms with Crippen LogP contribution in [0.1, 0.15) is 5.69 Å². The summed E-state index contributed by atoms with van der Waals surface area (Å²) in [5.41, 5.74) is 2.23. The van der Waals surface area contributed by atoms with Gasteiger partial charge in [-0.25, -0.2) is 4.98 Å². The van der Waals surface area contributed by atoms with Crippen molar-refractivity contribution in [1.29, 1.82) is 0 Å². The summed E-state index contributed by atoms with van der Waals surface area (Å²) in [6.45, 7) is 0. The van der Waals surface area contributed by atoms with Crippen molar-refractivity contribution in [3.05, 3.63) is 34.7 Å². The standard InChI is InChI=1S/C9H9BrN2S/c1-13-6-7-5-11-9-8(10)3-2-4-12(7)9/h2-5H,6H2,1H3. The van der Waals surface area contributed by atoms with Crippen LogP contribution in [0, 0.1) is 0 Å². The third-order valence-electron chi connectivity index (χ3n) is 1.86. The molecule has 0 aliphatic carbocycles. The van der Waals surface area contributed by atoms with E-state index in [1.807, 2.05) is 24.5 Å². The van der Waals surface area contributed by atoms with Crippen molar-refractivity contribution in [1.82, 2.24) is 9.38 Å². The molecule has 0 aromatic carbocycles. The molecular formula is C9H9BrN2S. The van der Waals surface area contributed by atoms with Crippen molar-refractivity contribution < 1.29 is 0 Å². The number of hydrogen-bond acceptors (Lipinski definition) is 2. The molecule has 4 heteroatoms. The van der Waals surface area contributed by atoms with E-state index in [1.165, 1.54) is 5.69 Å². The Bertz CT molecular complexity index is 424. The second-order valence-electron chi connectivity index (χ2n) is 2.73. The molecule has 0 radical (unpaired) electrons. The molecule has 0 spiro atoms. The molecule has 2 aromatic heterocycles. The highest BCUT2D eigenvalue weighted by atomic mass is 79.9. The van der Waals surface area contributed by atoms with Crippen LogP contribution in [0.5, 0.6) is 0 Å². The number of nitrogens with zero attached hydrogens (tertiary/aromatic N) is 2. The summed E-state index contributed by atoms with van der Waals surface area (Å²) in [6, 6.07) is 4.02. The average molecular weight is 257 g/mol. The molecule has 0 saturated heterocycles. The van der Waals surface area contributed by atoms with E-state index in [1.54, 1.807) is 11.8 Å². The van der Waals surface area contributed by atoms with Crippen LogP contribution in [-0.2, 0) is 5.75 Å². The summed E-state index contributed by atoms with van der Waals surface area (Å²) >= 11 is 5.28. The number of hydrogen-bond donors (Lipinski definition) is 0. The van der Waals surface area contributed by atoms with Gasteiger partial charge in [0.2, 0.25) is 0 Å². The predicted molar refractivity (Wildman–Crippen MR) is 60.1 cm³/mol. The fraction of sp³-hybridized carbons (Fsp3) is 0.222. The number of thioether (sulfide) groups is 1. The van der Waals surface area contributed by atoms with Crippen molar-refractivity contribution in [3.63, 3.8) is 0 Å². The van der Waals surface area contributed by atoms with Gasteiger partial charge in [0.1, 0.15) is 0 Å². The van der Waals surface area contributed by atoms with E-state index in [9.17, 15) is 0 Å². The van der Waals surface area contributed by atoms with Crippen LogP contribution in [0.4, 0.5) is 0 Å². The predicted octanol–water partition coefficient (Wildman–Crippen LogP) is 2.96. The molecule has 0 atom stereocenters. The Hall–Kier alpha value is -0.480. The minimum Gasteiger partial charge on any atom is -0.302 e. The highest BCUT2D eigenvalue weighted by Gasteiger charge is 2.03. The SMILES string of the molecule is CSCc1cnc2c(Br)cccn12. The number of fused-ring (bicyclic) bond motifs is 1. The summed E-state index contributed by atoms with van der Waals surface area (Å²) in [6.07, 6.45) is 6.06. The van der Waals surface area contributed by atoms with Gasteiger partial charge in [0.05, 0.1) is 16.4 Å². The maximum Gasteiger partial charge on any atom is 0.151 e. The maximum absolute atomic E-state index is 4.34. The van der Waals surface area contributed by atoms with E-state index in [0.29, 0.717) is 0 Å². The van der Waals surface area contributed by atoms with Crippen molar-refractivity contribution in [2.45, 2.75) is 5.75 Å². The zero-order valence-corrected chi connectivity index (χ0v) is 9.60. The molecule has 0 N–H and O–H groups in total. The van der Waals surface area contributed by atoms with E-state index in [-0.39, 0.29) is 0 Å². The lowest BCUT2D eigenvalue weighted by atomic mass is 10.4. The van der Waals surface area contributed by atoms with Gasteiger partial charge in [0.15, 0.2) is 5.65 Å². The molecule has 0 unspecified atom stereocenters. The van der Waals surface area contributed by atoms with E-state index < -0.39 is 0 Å². The average Bonchev–Trinajstić information content (AvgIpc) is 2.51. The lowest BCUT2D eigenvalue weighted by Crippen LogP contribution is -1.89. The Morgan fingerprint density at radius 3 is 3.23 bits per heavy atom. The highest BCUT2D eigenvalue weighted by Crippen LogP contribution is 2.19. The zero-order valence-electron chi connectivity index (χ0n) is 7.20. The number of halogens is 1. The van der Waals surface area contributed by atoms with Crippen molar-refractivity contribution in [2.75, 3.05) is 6.26 Å². The minimum absolute atomic E-state index is 0.992. The first-order valence-electron chi connectivity index (χ1n) is 3.92. The monoisotopic (exact) mass is 256 g/mol. The molecule has 0 bridgehead atoms. The molecule has 0 fully saturated rings. The molecule has 2 heterocycles. The zero-order chi connectivity index (χ0) is 9.26. The molecule has 0 aliphatic heterocycles. The molecular weight excluding hydrogens is 248 g/mol. The number of rotatable bonds is 2. The van der Waals surface area contributed by atoms with Crippen LogP contribution < -0.4 is 0 Å². The first-order valence-corrected chi connectivity index (χ1v) is 6.11. The van der Waals surface area contributed by atoms with Crippen LogP contribution in [0.2, 0.25) is 0 Å². The van der Waals surface area contributed by atoms with Gasteiger partial charge in [0, 0.05) is 11.9 Å². The molecule has 2 rings (SSSR count). The van der Waals surface area contributed by atoms with Crippen LogP contribution in [0.25, 0.3) is 5.65 Å². The van der Waals surface area contributed by atoms with Gasteiger partial charge in [-0.3, -0.25) is 0 Å². The normalized spacial score (nSPS) is 10.9. The van der Waals surface area contributed by atoms with Crippen LogP contribution in [0.3, 0.4) is 0 Å². The topological polar surface area (TPSA) is 17.3 Å². The Kier molecular flexibility index (Phi) is 2.60. The third kappa shape index (κ3) is 1.60. The largest absolute Gasteiger partial charge is 0.302 e. The van der Waals surface area contributed by atoms with Crippen molar-refractivity contribution in [3.8, 4) is 0 Å². The fourth-order valence-corrected chi connectivity index (χ4v) is 2.24. The van der Waals surface area contributed by atoms with Gasteiger partial charge in [-0.2, -0.15) is 11.8 Å². The van der Waals surface area contributed by atoms with Gasteiger partial charge in [-0.05, 0) is 34.3 Å². The van der Waals surface area contributed by atoms with Gasteiger partial charge in [-0.1, -0.05) is 0 Å². The van der Waals surface area contributed by atoms with Gasteiger partial charge < -0.3 is 4.40 Å². The Balaban J connectivity index is 2.61. The molecule has 68 valence electrons. The molecule has 13 heavy (non-hydrogen) atoms.